The number of hydrogen-bond acceptors (Lipinski definition) is 7. The predicted octanol–water partition coefficient (Wildman–Crippen LogP) is 3.43. The number of rotatable bonds is 7. The molecule has 2 amide bonds. The van der Waals surface area contributed by atoms with E-state index in [1.165, 1.54) is 19.1 Å². The third kappa shape index (κ3) is 7.06. The molecule has 9 heteroatoms. The van der Waals surface area contributed by atoms with Crippen LogP contribution in [0.1, 0.15) is 47.4 Å². The summed E-state index contributed by atoms with van der Waals surface area (Å²) in [7, 11) is 0. The number of hydrogen-bond donors (Lipinski definition) is 1. The molecule has 0 aromatic heterocycles. The largest absolute Gasteiger partial charge is 0.513 e. The standard InChI is InChI=1S/C25H28N2O7/c1-3-32-25(31)34-21-9-7-19(8-10-21)23(29)26-16-18-11-13-27(14-12-18)24(30)20-5-4-6-22(15-20)33-17(2)28/h4-10,15,18H,3,11-14,16H2,1-2H3,(H,26,29). The maximum atomic E-state index is 12.8. The predicted molar refractivity (Wildman–Crippen MR) is 123 cm³/mol. The van der Waals surface area contributed by atoms with E-state index in [4.69, 9.17) is 14.2 Å². The van der Waals surface area contributed by atoms with Crippen LogP contribution in [-0.4, -0.2) is 55.1 Å². The zero-order valence-corrected chi connectivity index (χ0v) is 19.2. The average molecular weight is 469 g/mol. The molecule has 0 atom stereocenters. The van der Waals surface area contributed by atoms with Crippen LogP contribution in [0.15, 0.2) is 48.5 Å². The highest BCUT2D eigenvalue weighted by atomic mass is 16.7. The van der Waals surface area contributed by atoms with Gasteiger partial charge in [-0.3, -0.25) is 14.4 Å². The van der Waals surface area contributed by atoms with Crippen molar-refractivity contribution < 1.29 is 33.4 Å². The van der Waals surface area contributed by atoms with Crippen LogP contribution >= 0.6 is 0 Å². The summed E-state index contributed by atoms with van der Waals surface area (Å²) < 4.78 is 14.8. The van der Waals surface area contributed by atoms with Gasteiger partial charge in [0.1, 0.15) is 11.5 Å². The van der Waals surface area contributed by atoms with E-state index in [0.29, 0.717) is 42.3 Å². The summed E-state index contributed by atoms with van der Waals surface area (Å²) >= 11 is 0. The second-order valence-corrected chi connectivity index (χ2v) is 7.88. The van der Waals surface area contributed by atoms with Gasteiger partial charge >= 0.3 is 12.1 Å². The zero-order chi connectivity index (χ0) is 24.5. The molecule has 2 aromatic carbocycles. The molecule has 1 N–H and O–H groups in total. The molecule has 0 saturated carbocycles. The molecule has 1 aliphatic rings. The summed E-state index contributed by atoms with van der Waals surface area (Å²) in [5.41, 5.74) is 0.928. The number of benzene rings is 2. The van der Waals surface area contributed by atoms with Crippen molar-refractivity contribution in [3.05, 3.63) is 59.7 Å². The summed E-state index contributed by atoms with van der Waals surface area (Å²) in [6, 6.07) is 12.8. The van der Waals surface area contributed by atoms with Crippen molar-refractivity contribution in [2.75, 3.05) is 26.2 Å². The van der Waals surface area contributed by atoms with Crippen LogP contribution in [0.5, 0.6) is 11.5 Å². The Balaban J connectivity index is 1.44. The number of nitrogens with one attached hydrogen (secondary N) is 1. The van der Waals surface area contributed by atoms with Gasteiger partial charge in [-0.2, -0.15) is 0 Å². The van der Waals surface area contributed by atoms with Gasteiger partial charge < -0.3 is 24.4 Å². The third-order valence-electron chi connectivity index (χ3n) is 5.38. The van der Waals surface area contributed by atoms with E-state index in [2.05, 4.69) is 5.32 Å². The Kier molecular flexibility index (Phi) is 8.61. The molecular formula is C25H28N2O7. The third-order valence-corrected chi connectivity index (χ3v) is 5.38. The number of ether oxygens (including phenoxy) is 3. The summed E-state index contributed by atoms with van der Waals surface area (Å²) in [6.45, 7) is 4.88. The Morgan fingerprint density at radius 1 is 0.941 bits per heavy atom. The van der Waals surface area contributed by atoms with Gasteiger partial charge in [-0.15, -0.1) is 0 Å². The van der Waals surface area contributed by atoms with Crippen LogP contribution in [0.25, 0.3) is 0 Å². The maximum Gasteiger partial charge on any atom is 0.513 e. The minimum atomic E-state index is -0.790. The number of nitrogens with zero attached hydrogens (tertiary/aromatic N) is 1. The molecule has 3 rings (SSSR count). The van der Waals surface area contributed by atoms with Crippen molar-refractivity contribution in [2.24, 2.45) is 5.92 Å². The van der Waals surface area contributed by atoms with E-state index in [0.717, 1.165) is 12.8 Å². The van der Waals surface area contributed by atoms with Gasteiger partial charge in [-0.1, -0.05) is 6.07 Å². The molecule has 0 radical (unpaired) electrons. The topological polar surface area (TPSA) is 111 Å². The molecule has 0 spiro atoms. The van der Waals surface area contributed by atoms with Gasteiger partial charge in [-0.25, -0.2) is 4.79 Å². The molecule has 34 heavy (non-hydrogen) atoms. The van der Waals surface area contributed by atoms with Crippen molar-refractivity contribution in [1.29, 1.82) is 0 Å². The molecule has 1 heterocycles. The van der Waals surface area contributed by atoms with Gasteiger partial charge in [-0.05, 0) is 68.1 Å². The fraction of sp³-hybridized carbons (Fsp3) is 0.360. The van der Waals surface area contributed by atoms with Crippen molar-refractivity contribution >= 4 is 23.9 Å². The second-order valence-electron chi connectivity index (χ2n) is 7.88. The van der Waals surface area contributed by atoms with Crippen molar-refractivity contribution in [3.63, 3.8) is 0 Å². The van der Waals surface area contributed by atoms with Gasteiger partial charge in [0, 0.05) is 37.7 Å². The molecule has 0 unspecified atom stereocenters. The van der Waals surface area contributed by atoms with Crippen molar-refractivity contribution in [1.82, 2.24) is 10.2 Å². The molecule has 9 nitrogen and oxygen atoms in total. The molecule has 1 aliphatic heterocycles. The van der Waals surface area contributed by atoms with Gasteiger partial charge in [0.15, 0.2) is 0 Å². The summed E-state index contributed by atoms with van der Waals surface area (Å²) in [4.78, 5) is 49.5. The first-order valence-electron chi connectivity index (χ1n) is 11.2. The Hall–Kier alpha value is -3.88. The molecular weight excluding hydrogens is 440 g/mol. The smallest absolute Gasteiger partial charge is 0.434 e. The minimum Gasteiger partial charge on any atom is -0.434 e. The fourth-order valence-electron chi connectivity index (χ4n) is 3.64. The lowest BCUT2D eigenvalue weighted by Gasteiger charge is -2.32. The highest BCUT2D eigenvalue weighted by Crippen LogP contribution is 2.21. The summed E-state index contributed by atoms with van der Waals surface area (Å²) in [5, 5.41) is 2.93. The number of amides is 2. The lowest BCUT2D eigenvalue weighted by molar-refractivity contribution is -0.131. The summed E-state index contributed by atoms with van der Waals surface area (Å²) in [6.07, 6.45) is 0.742. The molecule has 1 fully saturated rings. The molecule has 0 aliphatic carbocycles. The van der Waals surface area contributed by atoms with Gasteiger partial charge in [0.2, 0.25) is 0 Å². The number of piperidine rings is 1. The first kappa shape index (κ1) is 24.8. The number of likely N-dealkylation sites (tertiary alicyclic amines) is 1. The van der Waals surface area contributed by atoms with Gasteiger partial charge in [0.05, 0.1) is 6.61 Å². The van der Waals surface area contributed by atoms with Crippen molar-refractivity contribution in [3.8, 4) is 11.5 Å². The molecule has 180 valence electrons. The Morgan fingerprint density at radius 2 is 1.65 bits per heavy atom. The maximum absolute atomic E-state index is 12.8. The van der Waals surface area contributed by atoms with Crippen LogP contribution in [0.4, 0.5) is 4.79 Å². The van der Waals surface area contributed by atoms with E-state index < -0.39 is 12.1 Å². The summed E-state index contributed by atoms with van der Waals surface area (Å²) in [5.74, 6) is 0.132. The lowest BCUT2D eigenvalue weighted by atomic mass is 9.96. The first-order chi connectivity index (χ1) is 16.4. The van der Waals surface area contributed by atoms with Crippen LogP contribution in [0, 0.1) is 5.92 Å². The lowest BCUT2D eigenvalue weighted by Crippen LogP contribution is -2.41. The monoisotopic (exact) mass is 468 g/mol. The second kappa shape index (κ2) is 11.8. The molecule has 2 aromatic rings. The normalized spacial score (nSPS) is 13.6. The van der Waals surface area contributed by atoms with Crippen LogP contribution in [-0.2, 0) is 9.53 Å². The van der Waals surface area contributed by atoms with Crippen LogP contribution in [0.3, 0.4) is 0 Å². The van der Waals surface area contributed by atoms with Gasteiger partial charge in [0.25, 0.3) is 11.8 Å². The van der Waals surface area contributed by atoms with E-state index in [9.17, 15) is 19.2 Å². The van der Waals surface area contributed by atoms with E-state index in [1.54, 1.807) is 48.2 Å². The van der Waals surface area contributed by atoms with Crippen molar-refractivity contribution in [2.45, 2.75) is 26.7 Å². The Labute approximate surface area is 198 Å². The number of carbonyl (C=O) groups is 4. The zero-order valence-electron chi connectivity index (χ0n) is 19.2. The number of esters is 1. The first-order valence-corrected chi connectivity index (χ1v) is 11.2. The Morgan fingerprint density at radius 3 is 2.29 bits per heavy atom. The SMILES string of the molecule is CCOC(=O)Oc1ccc(C(=O)NCC2CCN(C(=O)c3cccc(OC(C)=O)c3)CC2)cc1. The fourth-order valence-corrected chi connectivity index (χ4v) is 3.64. The Bertz CT molecular complexity index is 1030. The minimum absolute atomic E-state index is 0.110. The van der Waals surface area contributed by atoms with Crippen LogP contribution in [0.2, 0.25) is 0 Å². The molecule has 1 saturated heterocycles. The highest BCUT2D eigenvalue weighted by Gasteiger charge is 2.24. The number of carbonyl (C=O) groups excluding carboxylic acids is 4. The van der Waals surface area contributed by atoms with E-state index >= 15 is 0 Å². The van der Waals surface area contributed by atoms with Crippen LogP contribution < -0.4 is 14.8 Å². The highest BCUT2D eigenvalue weighted by molar-refractivity contribution is 5.95. The van der Waals surface area contributed by atoms with E-state index in [-0.39, 0.29) is 24.3 Å². The quantitative estimate of drug-likeness (QED) is 0.376. The average Bonchev–Trinajstić information content (AvgIpc) is 2.83. The molecule has 0 bridgehead atoms. The van der Waals surface area contributed by atoms with E-state index in [1.807, 2.05) is 0 Å².